The van der Waals surface area contributed by atoms with Gasteiger partial charge in [0.25, 0.3) is 11.8 Å². The van der Waals surface area contributed by atoms with Gasteiger partial charge >= 0.3 is 0 Å². The van der Waals surface area contributed by atoms with Crippen LogP contribution in [0.4, 0.5) is 0 Å². The molecule has 1 aromatic heterocycles. The Morgan fingerprint density at radius 2 is 1.88 bits per heavy atom. The minimum Gasteiger partial charge on any atom is -0.507 e. The fourth-order valence-electron chi connectivity index (χ4n) is 2.90. The summed E-state index contributed by atoms with van der Waals surface area (Å²) in [6.45, 7) is 2.14. The van der Waals surface area contributed by atoms with Crippen molar-refractivity contribution in [1.82, 2.24) is 10.5 Å². The Bertz CT molecular complexity index is 893. The number of hydroxylamine groups is 1. The first-order valence-electron chi connectivity index (χ1n) is 8.67. The molecule has 2 aromatic carbocycles. The Morgan fingerprint density at radius 1 is 1.08 bits per heavy atom. The lowest BCUT2D eigenvalue weighted by atomic mass is 10.1. The summed E-state index contributed by atoms with van der Waals surface area (Å²) in [5.41, 5.74) is 3.10. The Kier molecular flexibility index (Phi) is 5.33. The minimum atomic E-state index is -0.155. The van der Waals surface area contributed by atoms with Crippen molar-refractivity contribution >= 4 is 27.6 Å². The fourth-order valence-corrected chi connectivity index (χ4v) is 2.90. The van der Waals surface area contributed by atoms with Crippen LogP contribution in [0.3, 0.4) is 0 Å². The zero-order chi connectivity index (χ0) is 17.6. The first kappa shape index (κ1) is 17.0. The maximum Gasteiger partial charge on any atom is 0.254 e. The lowest BCUT2D eigenvalue weighted by molar-refractivity contribution is -0.127. The van der Waals surface area contributed by atoms with E-state index in [2.05, 4.69) is 17.4 Å². The molecule has 3 rings (SSSR count). The standard InChI is InChI=1S/C20H22N2O3/c1-2-3-4-5-13-18(24)22-25-20-15-10-7-6-9-14(15)19-16(21-20)11-8-12-17(19)23/h6-12,23H,2-5,13H2,1H3,(H,22,24). The molecule has 0 fully saturated rings. The third kappa shape index (κ3) is 3.82. The van der Waals surface area contributed by atoms with Crippen molar-refractivity contribution in [1.29, 1.82) is 0 Å². The maximum atomic E-state index is 11.9. The lowest BCUT2D eigenvalue weighted by Gasteiger charge is -2.11. The Hall–Kier alpha value is -2.82. The molecule has 25 heavy (non-hydrogen) atoms. The maximum absolute atomic E-state index is 11.9. The number of pyridine rings is 1. The van der Waals surface area contributed by atoms with Gasteiger partial charge < -0.3 is 9.94 Å². The normalized spacial score (nSPS) is 10.9. The Balaban J connectivity index is 1.82. The molecule has 5 nitrogen and oxygen atoms in total. The molecule has 0 atom stereocenters. The molecule has 1 amide bonds. The van der Waals surface area contributed by atoms with Crippen LogP contribution in [0, 0.1) is 0 Å². The van der Waals surface area contributed by atoms with E-state index in [1.165, 1.54) is 0 Å². The zero-order valence-electron chi connectivity index (χ0n) is 14.3. The topological polar surface area (TPSA) is 71.5 Å². The number of amides is 1. The molecule has 130 valence electrons. The van der Waals surface area contributed by atoms with Crippen molar-refractivity contribution in [2.24, 2.45) is 0 Å². The van der Waals surface area contributed by atoms with Crippen LogP contribution in [0.2, 0.25) is 0 Å². The zero-order valence-corrected chi connectivity index (χ0v) is 14.3. The molecule has 0 aliphatic heterocycles. The second kappa shape index (κ2) is 7.83. The van der Waals surface area contributed by atoms with Crippen molar-refractivity contribution in [3.8, 4) is 11.6 Å². The molecule has 0 bridgehead atoms. The number of benzene rings is 2. The predicted molar refractivity (Wildman–Crippen MR) is 98.4 cm³/mol. The highest BCUT2D eigenvalue weighted by molar-refractivity contribution is 6.10. The van der Waals surface area contributed by atoms with E-state index in [-0.39, 0.29) is 11.7 Å². The monoisotopic (exact) mass is 338 g/mol. The molecule has 0 aliphatic rings. The molecule has 3 aromatic rings. The molecule has 1 heterocycles. The number of unbranched alkanes of at least 4 members (excludes halogenated alkanes) is 3. The van der Waals surface area contributed by atoms with Gasteiger partial charge in [0.05, 0.1) is 10.9 Å². The smallest absolute Gasteiger partial charge is 0.254 e. The number of hydrogen-bond donors (Lipinski definition) is 2. The molecule has 0 radical (unpaired) electrons. The van der Waals surface area contributed by atoms with Gasteiger partial charge in [-0.05, 0) is 24.6 Å². The average Bonchev–Trinajstić information content (AvgIpc) is 2.63. The minimum absolute atomic E-state index is 0.155. The van der Waals surface area contributed by atoms with E-state index in [9.17, 15) is 9.90 Å². The first-order valence-corrected chi connectivity index (χ1v) is 8.67. The number of fused-ring (bicyclic) bond motifs is 3. The molecular weight excluding hydrogens is 316 g/mol. The summed E-state index contributed by atoms with van der Waals surface area (Å²) in [5.74, 6) is 0.348. The van der Waals surface area contributed by atoms with E-state index in [1.807, 2.05) is 24.3 Å². The van der Waals surface area contributed by atoms with Crippen molar-refractivity contribution in [2.45, 2.75) is 39.0 Å². The van der Waals surface area contributed by atoms with E-state index in [4.69, 9.17) is 4.84 Å². The lowest BCUT2D eigenvalue weighted by Crippen LogP contribution is -2.27. The number of rotatable bonds is 7. The first-order chi connectivity index (χ1) is 12.2. The molecule has 0 aliphatic carbocycles. The van der Waals surface area contributed by atoms with Crippen molar-refractivity contribution in [3.05, 3.63) is 42.5 Å². The SMILES string of the molecule is CCCCCCC(=O)NOc1nc2cccc(O)c2c2ccccc12. The van der Waals surface area contributed by atoms with Gasteiger partial charge in [-0.25, -0.2) is 4.98 Å². The van der Waals surface area contributed by atoms with Crippen molar-refractivity contribution in [3.63, 3.8) is 0 Å². The van der Waals surface area contributed by atoms with Gasteiger partial charge in [0.2, 0.25) is 0 Å². The van der Waals surface area contributed by atoms with E-state index in [0.717, 1.165) is 36.5 Å². The van der Waals surface area contributed by atoms with E-state index < -0.39 is 0 Å². The predicted octanol–water partition coefficient (Wildman–Crippen LogP) is 4.47. The van der Waals surface area contributed by atoms with Crippen LogP contribution in [-0.2, 0) is 4.79 Å². The summed E-state index contributed by atoms with van der Waals surface area (Å²) >= 11 is 0. The van der Waals surface area contributed by atoms with Gasteiger partial charge in [0.1, 0.15) is 5.75 Å². The number of aromatic nitrogens is 1. The molecule has 2 N–H and O–H groups in total. The van der Waals surface area contributed by atoms with Crippen LogP contribution in [0.15, 0.2) is 42.5 Å². The molecule has 0 saturated carbocycles. The number of phenolic OH excluding ortho intramolecular Hbond substituents is 1. The molecule has 0 spiro atoms. The van der Waals surface area contributed by atoms with Crippen LogP contribution in [0.5, 0.6) is 11.6 Å². The van der Waals surface area contributed by atoms with E-state index in [0.29, 0.717) is 23.2 Å². The summed E-state index contributed by atoms with van der Waals surface area (Å²) in [6, 6.07) is 12.7. The Labute approximate surface area is 146 Å². The number of carbonyl (C=O) groups is 1. The van der Waals surface area contributed by atoms with Gasteiger partial charge in [0, 0.05) is 17.2 Å². The number of nitrogens with one attached hydrogen (secondary N) is 1. The molecule has 5 heteroatoms. The van der Waals surface area contributed by atoms with Gasteiger partial charge in [-0.2, -0.15) is 5.48 Å². The summed E-state index contributed by atoms with van der Waals surface area (Å²) in [6.07, 6.45) is 4.60. The number of carbonyl (C=O) groups excluding carboxylic acids is 1. The van der Waals surface area contributed by atoms with E-state index >= 15 is 0 Å². The van der Waals surface area contributed by atoms with Crippen molar-refractivity contribution < 1.29 is 14.7 Å². The van der Waals surface area contributed by atoms with Gasteiger partial charge in [0.15, 0.2) is 0 Å². The van der Waals surface area contributed by atoms with Crippen LogP contribution < -0.4 is 10.3 Å². The van der Waals surface area contributed by atoms with Crippen LogP contribution >= 0.6 is 0 Å². The van der Waals surface area contributed by atoms with Gasteiger partial charge in [-0.15, -0.1) is 0 Å². The summed E-state index contributed by atoms with van der Waals surface area (Å²) in [4.78, 5) is 21.9. The molecule has 0 saturated heterocycles. The van der Waals surface area contributed by atoms with Gasteiger partial charge in [-0.3, -0.25) is 4.79 Å². The molecular formula is C20H22N2O3. The fraction of sp³-hybridized carbons (Fsp3) is 0.300. The van der Waals surface area contributed by atoms with Crippen LogP contribution in [0.1, 0.15) is 39.0 Å². The summed E-state index contributed by atoms with van der Waals surface area (Å²) in [7, 11) is 0. The van der Waals surface area contributed by atoms with Gasteiger partial charge in [-0.1, -0.05) is 50.5 Å². The highest BCUT2D eigenvalue weighted by Crippen LogP contribution is 2.34. The van der Waals surface area contributed by atoms with Crippen LogP contribution in [-0.4, -0.2) is 16.0 Å². The quantitative estimate of drug-likeness (QED) is 0.379. The largest absolute Gasteiger partial charge is 0.507 e. The van der Waals surface area contributed by atoms with Crippen LogP contribution in [0.25, 0.3) is 21.7 Å². The molecule has 0 unspecified atom stereocenters. The summed E-state index contributed by atoms with van der Waals surface area (Å²) in [5, 5.41) is 12.4. The second-order valence-corrected chi connectivity index (χ2v) is 6.07. The number of hydrogen-bond acceptors (Lipinski definition) is 4. The summed E-state index contributed by atoms with van der Waals surface area (Å²) < 4.78 is 0. The number of aromatic hydroxyl groups is 1. The highest BCUT2D eigenvalue weighted by atomic mass is 16.7. The van der Waals surface area contributed by atoms with Crippen molar-refractivity contribution in [2.75, 3.05) is 0 Å². The average molecular weight is 338 g/mol. The second-order valence-electron chi connectivity index (χ2n) is 6.07. The van der Waals surface area contributed by atoms with E-state index in [1.54, 1.807) is 18.2 Å². The Morgan fingerprint density at radius 3 is 2.68 bits per heavy atom. The number of phenols is 1. The third-order valence-electron chi connectivity index (χ3n) is 4.19. The number of nitrogens with zero attached hydrogens (tertiary/aromatic N) is 1. The highest BCUT2D eigenvalue weighted by Gasteiger charge is 2.13. The third-order valence-corrected chi connectivity index (χ3v) is 4.19.